The second-order valence-electron chi connectivity index (χ2n) is 4.48. The third-order valence-corrected chi connectivity index (χ3v) is 4.23. The molecule has 0 amide bonds. The molecule has 17 heavy (non-hydrogen) atoms. The van der Waals surface area contributed by atoms with Gasteiger partial charge in [0.25, 0.3) is 0 Å². The van der Waals surface area contributed by atoms with E-state index in [4.69, 9.17) is 0 Å². The summed E-state index contributed by atoms with van der Waals surface area (Å²) in [5.74, 6) is 0. The highest BCUT2D eigenvalue weighted by atomic mass is 32.2. The van der Waals surface area contributed by atoms with Crippen molar-refractivity contribution in [1.29, 1.82) is 0 Å². The fourth-order valence-electron chi connectivity index (χ4n) is 2.07. The van der Waals surface area contributed by atoms with E-state index in [0.29, 0.717) is 0 Å². The van der Waals surface area contributed by atoms with Crippen molar-refractivity contribution in [2.45, 2.75) is 38.1 Å². The zero-order valence-corrected chi connectivity index (χ0v) is 12.1. The van der Waals surface area contributed by atoms with Crippen molar-refractivity contribution in [2.75, 3.05) is 12.9 Å². The molecule has 1 rings (SSSR count). The van der Waals surface area contributed by atoms with Crippen molar-refractivity contribution in [1.82, 2.24) is 15.1 Å². The average molecular weight is 257 g/mol. The standard InChI is InChI=1S/C12H23N3OS/c1-8(11-6-15(4)14-9(11)2)13-10(3)12(7-16)17-5/h6,8,10,12-13,16H,7H2,1-5H3. The second-order valence-corrected chi connectivity index (χ2v) is 5.55. The normalized spacial score (nSPS) is 16.8. The number of nitrogens with zero attached hydrogens (tertiary/aromatic N) is 2. The van der Waals surface area contributed by atoms with Crippen LogP contribution in [0.25, 0.3) is 0 Å². The number of thioether (sulfide) groups is 1. The number of aryl methyl sites for hydroxylation is 2. The van der Waals surface area contributed by atoms with Crippen LogP contribution < -0.4 is 5.32 Å². The second kappa shape index (κ2) is 6.42. The van der Waals surface area contributed by atoms with E-state index in [1.165, 1.54) is 5.56 Å². The van der Waals surface area contributed by atoms with Crippen LogP contribution in [-0.2, 0) is 7.05 Å². The summed E-state index contributed by atoms with van der Waals surface area (Å²) in [6.45, 7) is 6.47. The highest BCUT2D eigenvalue weighted by Gasteiger charge is 2.19. The highest BCUT2D eigenvalue weighted by Crippen LogP contribution is 2.19. The Morgan fingerprint density at radius 3 is 2.59 bits per heavy atom. The van der Waals surface area contributed by atoms with Crippen molar-refractivity contribution >= 4 is 11.8 Å². The zero-order chi connectivity index (χ0) is 13.0. The Hall–Kier alpha value is -0.520. The van der Waals surface area contributed by atoms with Crippen molar-refractivity contribution in [3.8, 4) is 0 Å². The molecule has 0 spiro atoms. The molecule has 98 valence electrons. The summed E-state index contributed by atoms with van der Waals surface area (Å²) in [7, 11) is 1.94. The smallest absolute Gasteiger partial charge is 0.0641 e. The van der Waals surface area contributed by atoms with Gasteiger partial charge in [0.2, 0.25) is 0 Å². The first-order valence-corrected chi connectivity index (χ1v) is 7.18. The molecular formula is C12H23N3OS. The summed E-state index contributed by atoms with van der Waals surface area (Å²) >= 11 is 1.69. The fourth-order valence-corrected chi connectivity index (χ4v) is 2.71. The van der Waals surface area contributed by atoms with Crippen molar-refractivity contribution in [3.05, 3.63) is 17.5 Å². The molecule has 0 aromatic carbocycles. The van der Waals surface area contributed by atoms with Gasteiger partial charge in [0.15, 0.2) is 0 Å². The monoisotopic (exact) mass is 257 g/mol. The predicted molar refractivity (Wildman–Crippen MR) is 73.3 cm³/mol. The zero-order valence-electron chi connectivity index (χ0n) is 11.3. The van der Waals surface area contributed by atoms with Crippen LogP contribution in [0.1, 0.15) is 31.1 Å². The van der Waals surface area contributed by atoms with Crippen LogP contribution in [0.4, 0.5) is 0 Å². The van der Waals surface area contributed by atoms with Crippen molar-refractivity contribution < 1.29 is 5.11 Å². The topological polar surface area (TPSA) is 50.1 Å². The molecule has 0 radical (unpaired) electrons. The molecule has 0 bridgehead atoms. The van der Waals surface area contributed by atoms with Gasteiger partial charge >= 0.3 is 0 Å². The molecule has 3 atom stereocenters. The van der Waals surface area contributed by atoms with E-state index >= 15 is 0 Å². The summed E-state index contributed by atoms with van der Waals surface area (Å²) in [6, 6.07) is 0.518. The van der Waals surface area contributed by atoms with Crippen molar-refractivity contribution in [3.63, 3.8) is 0 Å². The van der Waals surface area contributed by atoms with Crippen LogP contribution in [0, 0.1) is 6.92 Å². The first-order valence-electron chi connectivity index (χ1n) is 5.89. The van der Waals surface area contributed by atoms with Gasteiger partial charge in [0.05, 0.1) is 12.3 Å². The number of nitrogens with one attached hydrogen (secondary N) is 1. The van der Waals surface area contributed by atoms with Gasteiger partial charge in [0.1, 0.15) is 0 Å². The van der Waals surface area contributed by atoms with Gasteiger partial charge in [-0.1, -0.05) is 0 Å². The Bertz CT molecular complexity index is 350. The molecule has 1 heterocycles. The van der Waals surface area contributed by atoms with Gasteiger partial charge in [-0.05, 0) is 27.0 Å². The molecule has 0 fully saturated rings. The number of rotatable bonds is 6. The lowest BCUT2D eigenvalue weighted by Crippen LogP contribution is -2.39. The van der Waals surface area contributed by atoms with Gasteiger partial charge in [0, 0.05) is 36.1 Å². The van der Waals surface area contributed by atoms with E-state index < -0.39 is 0 Å². The Morgan fingerprint density at radius 2 is 2.18 bits per heavy atom. The molecule has 1 aromatic heterocycles. The molecule has 0 saturated carbocycles. The number of hydrogen-bond acceptors (Lipinski definition) is 4. The molecule has 4 nitrogen and oxygen atoms in total. The molecule has 0 aliphatic rings. The third-order valence-electron chi connectivity index (χ3n) is 3.07. The van der Waals surface area contributed by atoms with Crippen LogP contribution in [0.2, 0.25) is 0 Å². The Morgan fingerprint density at radius 1 is 1.53 bits per heavy atom. The maximum Gasteiger partial charge on any atom is 0.0641 e. The summed E-state index contributed by atoms with van der Waals surface area (Å²) < 4.78 is 1.84. The largest absolute Gasteiger partial charge is 0.395 e. The summed E-state index contributed by atoms with van der Waals surface area (Å²) in [6.07, 6.45) is 4.08. The lowest BCUT2D eigenvalue weighted by Gasteiger charge is -2.25. The third kappa shape index (κ3) is 3.72. The number of aliphatic hydroxyl groups is 1. The lowest BCUT2D eigenvalue weighted by molar-refractivity contribution is 0.271. The van der Waals surface area contributed by atoms with Crippen LogP contribution in [0.15, 0.2) is 6.20 Å². The molecule has 0 aliphatic heterocycles. The van der Waals surface area contributed by atoms with E-state index in [0.717, 1.165) is 5.69 Å². The molecule has 0 saturated heterocycles. The first kappa shape index (κ1) is 14.5. The van der Waals surface area contributed by atoms with E-state index in [1.807, 2.05) is 31.1 Å². The minimum Gasteiger partial charge on any atom is -0.395 e. The minimum atomic E-state index is 0.202. The molecule has 1 aromatic rings. The molecule has 5 heteroatoms. The maximum atomic E-state index is 9.26. The van der Waals surface area contributed by atoms with Crippen LogP contribution in [0.5, 0.6) is 0 Å². The Labute approximate surface area is 108 Å². The number of hydrogen-bond donors (Lipinski definition) is 2. The van der Waals surface area contributed by atoms with Gasteiger partial charge < -0.3 is 10.4 Å². The molecular weight excluding hydrogens is 234 g/mol. The first-order chi connectivity index (χ1) is 7.99. The van der Waals surface area contributed by atoms with E-state index in [1.54, 1.807) is 11.8 Å². The van der Waals surface area contributed by atoms with E-state index in [9.17, 15) is 5.11 Å². The maximum absolute atomic E-state index is 9.26. The average Bonchev–Trinajstić information content (AvgIpc) is 2.59. The fraction of sp³-hybridized carbons (Fsp3) is 0.750. The summed E-state index contributed by atoms with van der Waals surface area (Å²) in [5.41, 5.74) is 2.28. The van der Waals surface area contributed by atoms with Crippen LogP contribution in [-0.4, -0.2) is 39.0 Å². The Kier molecular flexibility index (Phi) is 5.49. The van der Waals surface area contributed by atoms with Crippen LogP contribution >= 0.6 is 11.8 Å². The molecule has 0 aliphatic carbocycles. The summed E-state index contributed by atoms with van der Waals surface area (Å²) in [4.78, 5) is 0. The van der Waals surface area contributed by atoms with Gasteiger partial charge in [-0.25, -0.2) is 0 Å². The number of aliphatic hydroxyl groups excluding tert-OH is 1. The van der Waals surface area contributed by atoms with Crippen LogP contribution in [0.3, 0.4) is 0 Å². The van der Waals surface area contributed by atoms with E-state index in [-0.39, 0.29) is 23.9 Å². The molecule has 2 N–H and O–H groups in total. The number of aromatic nitrogens is 2. The lowest BCUT2D eigenvalue weighted by atomic mass is 10.1. The van der Waals surface area contributed by atoms with Gasteiger partial charge in [-0.2, -0.15) is 16.9 Å². The molecule has 3 unspecified atom stereocenters. The SMILES string of the molecule is CSC(CO)C(C)NC(C)c1cn(C)nc1C. The van der Waals surface area contributed by atoms with E-state index in [2.05, 4.69) is 24.3 Å². The predicted octanol–water partition coefficient (Wildman–Crippen LogP) is 1.49. The summed E-state index contributed by atoms with van der Waals surface area (Å²) in [5, 5.41) is 17.4. The quantitative estimate of drug-likeness (QED) is 0.811. The van der Waals surface area contributed by atoms with Gasteiger partial charge in [-0.15, -0.1) is 0 Å². The van der Waals surface area contributed by atoms with Gasteiger partial charge in [-0.3, -0.25) is 4.68 Å². The Balaban J connectivity index is 2.65. The minimum absolute atomic E-state index is 0.202. The highest BCUT2D eigenvalue weighted by molar-refractivity contribution is 7.99. The van der Waals surface area contributed by atoms with Crippen molar-refractivity contribution in [2.24, 2.45) is 7.05 Å².